The summed E-state index contributed by atoms with van der Waals surface area (Å²) >= 11 is 12.0. The maximum absolute atomic E-state index is 12.2. The molecule has 2 aromatic heterocycles. The summed E-state index contributed by atoms with van der Waals surface area (Å²) < 4.78 is 0. The molecule has 0 radical (unpaired) electrons. The highest BCUT2D eigenvalue weighted by Gasteiger charge is 2.11. The van der Waals surface area contributed by atoms with E-state index in [1.807, 2.05) is 6.07 Å². The number of rotatable bonds is 2. The predicted octanol–water partition coefficient (Wildman–Crippen LogP) is 4.19. The van der Waals surface area contributed by atoms with Crippen molar-refractivity contribution in [2.75, 3.05) is 5.32 Å². The molecule has 0 spiro atoms. The summed E-state index contributed by atoms with van der Waals surface area (Å²) in [6.07, 6.45) is 3.08. The zero-order chi connectivity index (χ0) is 14.8. The first kappa shape index (κ1) is 13.8. The molecule has 0 unspecified atom stereocenters. The Morgan fingerprint density at radius 2 is 1.86 bits per heavy atom. The Hall–Kier alpha value is -2.17. The van der Waals surface area contributed by atoms with E-state index in [-0.39, 0.29) is 11.6 Å². The van der Waals surface area contributed by atoms with Crippen LogP contribution in [-0.4, -0.2) is 15.9 Å². The van der Waals surface area contributed by atoms with Gasteiger partial charge in [-0.3, -0.25) is 14.8 Å². The van der Waals surface area contributed by atoms with Gasteiger partial charge in [0, 0.05) is 22.8 Å². The number of benzene rings is 1. The number of aromatic nitrogens is 2. The van der Waals surface area contributed by atoms with E-state index in [1.54, 1.807) is 30.5 Å². The molecule has 0 aliphatic heterocycles. The van der Waals surface area contributed by atoms with Crippen LogP contribution in [0.3, 0.4) is 0 Å². The predicted molar refractivity (Wildman–Crippen MR) is 84.0 cm³/mol. The second-order valence-corrected chi connectivity index (χ2v) is 5.15. The van der Waals surface area contributed by atoms with Gasteiger partial charge in [0.05, 0.1) is 16.2 Å². The van der Waals surface area contributed by atoms with Crippen molar-refractivity contribution in [1.29, 1.82) is 0 Å². The molecule has 3 rings (SSSR count). The van der Waals surface area contributed by atoms with Crippen LogP contribution in [0.1, 0.15) is 10.5 Å². The van der Waals surface area contributed by atoms with Gasteiger partial charge in [0.25, 0.3) is 5.91 Å². The number of anilines is 1. The number of pyridine rings is 2. The molecule has 0 aliphatic rings. The first-order valence-electron chi connectivity index (χ1n) is 6.11. The summed E-state index contributed by atoms with van der Waals surface area (Å²) in [7, 11) is 0. The lowest BCUT2D eigenvalue weighted by Gasteiger charge is -2.08. The van der Waals surface area contributed by atoms with E-state index in [9.17, 15) is 4.79 Å². The minimum atomic E-state index is -0.355. The van der Waals surface area contributed by atoms with Gasteiger partial charge in [0.15, 0.2) is 0 Å². The molecule has 0 saturated heterocycles. The molecule has 0 aliphatic carbocycles. The minimum absolute atomic E-state index is 0.238. The van der Waals surface area contributed by atoms with Crippen LogP contribution in [0.15, 0.2) is 48.8 Å². The molecule has 4 nitrogen and oxygen atoms in total. The van der Waals surface area contributed by atoms with Crippen LogP contribution >= 0.6 is 23.2 Å². The van der Waals surface area contributed by atoms with E-state index >= 15 is 0 Å². The van der Waals surface area contributed by atoms with Gasteiger partial charge in [0.1, 0.15) is 5.69 Å². The third-order valence-corrected chi connectivity index (χ3v) is 3.49. The van der Waals surface area contributed by atoms with Crippen LogP contribution in [-0.2, 0) is 0 Å². The number of nitrogens with one attached hydrogen (secondary N) is 1. The van der Waals surface area contributed by atoms with Crippen molar-refractivity contribution < 1.29 is 4.79 Å². The topological polar surface area (TPSA) is 54.9 Å². The highest BCUT2D eigenvalue weighted by molar-refractivity contribution is 6.35. The van der Waals surface area contributed by atoms with E-state index in [0.29, 0.717) is 21.2 Å². The quantitative estimate of drug-likeness (QED) is 0.771. The lowest BCUT2D eigenvalue weighted by Crippen LogP contribution is -2.14. The van der Waals surface area contributed by atoms with Crippen LogP contribution in [0.25, 0.3) is 10.9 Å². The van der Waals surface area contributed by atoms with E-state index in [1.165, 1.54) is 12.3 Å². The van der Waals surface area contributed by atoms with Gasteiger partial charge >= 0.3 is 0 Å². The van der Waals surface area contributed by atoms with Gasteiger partial charge in [-0.05, 0) is 24.3 Å². The molecule has 104 valence electrons. The van der Waals surface area contributed by atoms with Crippen molar-refractivity contribution in [3.63, 3.8) is 0 Å². The Bertz CT molecular complexity index is 836. The Labute approximate surface area is 130 Å². The third kappa shape index (κ3) is 2.82. The Kier molecular flexibility index (Phi) is 3.73. The lowest BCUT2D eigenvalue weighted by atomic mass is 10.2. The molecule has 2 heterocycles. The third-order valence-electron chi connectivity index (χ3n) is 2.92. The molecule has 0 bridgehead atoms. The number of fused-ring (bicyclic) bond motifs is 1. The lowest BCUT2D eigenvalue weighted by molar-refractivity contribution is 0.102. The van der Waals surface area contributed by atoms with E-state index in [2.05, 4.69) is 15.3 Å². The molecule has 21 heavy (non-hydrogen) atoms. The first-order valence-corrected chi connectivity index (χ1v) is 6.87. The first-order chi connectivity index (χ1) is 10.1. The number of carbonyl (C=O) groups is 1. The second-order valence-electron chi connectivity index (χ2n) is 4.31. The summed E-state index contributed by atoms with van der Waals surface area (Å²) in [6, 6.07) is 10.2. The molecule has 0 fully saturated rings. The maximum Gasteiger partial charge on any atom is 0.274 e. The largest absolute Gasteiger partial charge is 0.319 e. The van der Waals surface area contributed by atoms with E-state index in [0.717, 1.165) is 5.39 Å². The average molecular weight is 318 g/mol. The molecule has 0 saturated carbocycles. The monoisotopic (exact) mass is 317 g/mol. The summed E-state index contributed by atoms with van der Waals surface area (Å²) in [5.41, 5.74) is 1.43. The van der Waals surface area contributed by atoms with Crippen LogP contribution < -0.4 is 5.32 Å². The minimum Gasteiger partial charge on any atom is -0.319 e. The van der Waals surface area contributed by atoms with Crippen LogP contribution in [0, 0.1) is 0 Å². The number of halogens is 2. The number of hydrogen-bond acceptors (Lipinski definition) is 3. The fourth-order valence-electron chi connectivity index (χ4n) is 1.96. The highest BCUT2D eigenvalue weighted by atomic mass is 35.5. The van der Waals surface area contributed by atoms with Crippen LogP contribution in [0.2, 0.25) is 10.0 Å². The number of carbonyl (C=O) groups excluding carboxylic acids is 1. The SMILES string of the molecule is O=C(Nc1cccc2c(Cl)ccnc12)c1cc(Cl)ccn1. The van der Waals surface area contributed by atoms with Crippen molar-refractivity contribution in [2.45, 2.75) is 0 Å². The number of para-hydroxylation sites is 1. The second kappa shape index (κ2) is 5.68. The molecule has 6 heteroatoms. The van der Waals surface area contributed by atoms with Crippen molar-refractivity contribution in [1.82, 2.24) is 9.97 Å². The molecule has 1 N–H and O–H groups in total. The molecule has 1 aromatic carbocycles. The van der Waals surface area contributed by atoms with Crippen molar-refractivity contribution >= 4 is 45.7 Å². The van der Waals surface area contributed by atoms with Gasteiger partial charge in [-0.25, -0.2) is 0 Å². The summed E-state index contributed by atoms with van der Waals surface area (Å²) in [4.78, 5) is 20.5. The van der Waals surface area contributed by atoms with E-state index in [4.69, 9.17) is 23.2 Å². The van der Waals surface area contributed by atoms with Gasteiger partial charge in [-0.15, -0.1) is 0 Å². The smallest absolute Gasteiger partial charge is 0.274 e. The standard InChI is InChI=1S/C15H9Cl2N3O/c16-9-4-6-18-13(8-9)15(21)20-12-3-1-2-10-11(17)5-7-19-14(10)12/h1-8H,(H,20,21). The van der Waals surface area contributed by atoms with Crippen LogP contribution in [0.5, 0.6) is 0 Å². The van der Waals surface area contributed by atoms with Gasteiger partial charge < -0.3 is 5.32 Å². The summed E-state index contributed by atoms with van der Waals surface area (Å²) in [5, 5.41) is 4.58. The highest BCUT2D eigenvalue weighted by Crippen LogP contribution is 2.27. The molecular weight excluding hydrogens is 309 g/mol. The van der Waals surface area contributed by atoms with Crippen LogP contribution in [0.4, 0.5) is 5.69 Å². The van der Waals surface area contributed by atoms with E-state index < -0.39 is 0 Å². The van der Waals surface area contributed by atoms with Crippen molar-refractivity contribution in [3.05, 3.63) is 64.5 Å². The fraction of sp³-hybridized carbons (Fsp3) is 0. The summed E-state index contributed by atoms with van der Waals surface area (Å²) in [6.45, 7) is 0. The summed E-state index contributed by atoms with van der Waals surface area (Å²) in [5.74, 6) is -0.355. The average Bonchev–Trinajstić information content (AvgIpc) is 2.48. The fourth-order valence-corrected chi connectivity index (χ4v) is 2.33. The zero-order valence-electron chi connectivity index (χ0n) is 10.7. The molecule has 3 aromatic rings. The molecule has 1 amide bonds. The van der Waals surface area contributed by atoms with Gasteiger partial charge in [-0.1, -0.05) is 35.3 Å². The molecular formula is C15H9Cl2N3O. The number of hydrogen-bond donors (Lipinski definition) is 1. The maximum atomic E-state index is 12.2. The van der Waals surface area contributed by atoms with Crippen molar-refractivity contribution in [2.24, 2.45) is 0 Å². The number of amides is 1. The zero-order valence-corrected chi connectivity index (χ0v) is 12.2. The molecule has 0 atom stereocenters. The normalized spacial score (nSPS) is 10.6. The Morgan fingerprint density at radius 1 is 1.05 bits per heavy atom. The van der Waals surface area contributed by atoms with Crippen molar-refractivity contribution in [3.8, 4) is 0 Å². The Balaban J connectivity index is 1.99. The Morgan fingerprint density at radius 3 is 2.67 bits per heavy atom. The number of nitrogens with zero attached hydrogens (tertiary/aromatic N) is 2. The van der Waals surface area contributed by atoms with Gasteiger partial charge in [-0.2, -0.15) is 0 Å². The van der Waals surface area contributed by atoms with Gasteiger partial charge in [0.2, 0.25) is 0 Å².